The number of unbranched alkanes of at least 4 members (excludes halogenated alkanes) is 21. The van der Waals surface area contributed by atoms with Crippen LogP contribution < -0.4 is 0 Å². The molecule has 0 heterocycles. The van der Waals surface area contributed by atoms with E-state index in [-0.39, 0.29) is 0 Å². The van der Waals surface area contributed by atoms with Gasteiger partial charge in [-0.1, -0.05) is 168 Å². The summed E-state index contributed by atoms with van der Waals surface area (Å²) in [5, 5.41) is 11.3. The lowest BCUT2D eigenvalue weighted by molar-refractivity contribution is 0.455. The van der Waals surface area contributed by atoms with Crippen molar-refractivity contribution >= 4 is 0 Å². The average Bonchev–Trinajstić information content (AvgIpc) is 2.90. The summed E-state index contributed by atoms with van der Waals surface area (Å²) in [4.78, 5) is 0. The molecule has 0 aliphatic rings. The summed E-state index contributed by atoms with van der Waals surface area (Å²) < 4.78 is 0. The van der Waals surface area contributed by atoms with E-state index in [0.717, 1.165) is 19.3 Å². The molecule has 1 N–H and O–H groups in total. The second-order valence-electron chi connectivity index (χ2n) is 11.9. The number of hydrogen-bond donors (Lipinski definition) is 1. The van der Waals surface area contributed by atoms with Crippen molar-refractivity contribution in [1.82, 2.24) is 0 Å². The Morgan fingerprint density at radius 3 is 1.08 bits per heavy atom. The Labute approximate surface area is 233 Å². The molecule has 1 heteroatoms. The number of aryl methyl sites for hydroxylation is 2. The molecule has 0 aromatic heterocycles. The number of hydrogen-bond acceptors (Lipinski definition) is 1. The Morgan fingerprint density at radius 1 is 0.378 bits per heavy atom. The maximum Gasteiger partial charge on any atom is 0.122 e. The minimum absolute atomic E-state index is 0.654. The van der Waals surface area contributed by atoms with Gasteiger partial charge in [0.05, 0.1) is 0 Å². The molecule has 0 saturated heterocycles. The van der Waals surface area contributed by atoms with Crippen molar-refractivity contribution in [3.8, 4) is 5.75 Å². The number of benzene rings is 1. The lowest BCUT2D eigenvalue weighted by atomic mass is 9.92. The molecule has 0 saturated carbocycles. The van der Waals surface area contributed by atoms with Gasteiger partial charge >= 0.3 is 0 Å². The number of phenols is 1. The maximum absolute atomic E-state index is 11.3. The molecule has 37 heavy (non-hydrogen) atoms. The van der Waals surface area contributed by atoms with E-state index in [4.69, 9.17) is 0 Å². The third kappa shape index (κ3) is 18.0. The molecule has 1 aromatic carbocycles. The molecular formula is C36H66O. The number of phenolic OH excluding ortho intramolecular Hbond substituents is 1. The fourth-order valence-corrected chi connectivity index (χ4v) is 5.78. The zero-order valence-electron chi connectivity index (χ0n) is 25.7. The smallest absolute Gasteiger partial charge is 0.122 e. The van der Waals surface area contributed by atoms with E-state index in [2.05, 4.69) is 32.9 Å². The molecule has 216 valence electrons. The SMILES string of the molecule is CCCCCCCCCCCCc1ccc(CCCCCCCCCC)c(CCCCCCCC)c1O. The van der Waals surface area contributed by atoms with Crippen LogP contribution in [0, 0.1) is 0 Å². The third-order valence-corrected chi connectivity index (χ3v) is 8.34. The average molecular weight is 515 g/mol. The first-order valence-corrected chi connectivity index (χ1v) is 17.1. The van der Waals surface area contributed by atoms with E-state index >= 15 is 0 Å². The summed E-state index contributed by atoms with van der Waals surface area (Å²) in [7, 11) is 0. The van der Waals surface area contributed by atoms with E-state index in [1.54, 1.807) is 0 Å². The standard InChI is InChI=1S/C36H66O/c1-4-7-10-13-16-18-19-21-23-26-29-34-32-31-33(28-25-22-20-17-14-11-8-5-2)35(36(34)37)30-27-24-15-12-9-6-3/h31-32,37H,4-30H2,1-3H3. The highest BCUT2D eigenvalue weighted by Gasteiger charge is 2.13. The molecular weight excluding hydrogens is 448 g/mol. The second kappa shape index (κ2) is 25.3. The van der Waals surface area contributed by atoms with Gasteiger partial charge in [-0.05, 0) is 55.2 Å². The molecule has 1 rings (SSSR count). The predicted molar refractivity (Wildman–Crippen MR) is 167 cm³/mol. The van der Waals surface area contributed by atoms with Gasteiger partial charge < -0.3 is 5.11 Å². The van der Waals surface area contributed by atoms with Gasteiger partial charge in [0.25, 0.3) is 0 Å². The van der Waals surface area contributed by atoms with Crippen molar-refractivity contribution < 1.29 is 5.11 Å². The van der Waals surface area contributed by atoms with Crippen molar-refractivity contribution in [3.63, 3.8) is 0 Å². The summed E-state index contributed by atoms with van der Waals surface area (Å²) in [5.74, 6) is 0.654. The van der Waals surface area contributed by atoms with E-state index in [0.29, 0.717) is 5.75 Å². The number of rotatable bonds is 27. The molecule has 1 nitrogen and oxygen atoms in total. The first kappa shape index (κ1) is 34.0. The molecule has 0 aliphatic heterocycles. The summed E-state index contributed by atoms with van der Waals surface area (Å²) in [6.45, 7) is 6.87. The Morgan fingerprint density at radius 2 is 0.676 bits per heavy atom. The van der Waals surface area contributed by atoms with Crippen LogP contribution in [0.5, 0.6) is 5.75 Å². The van der Waals surface area contributed by atoms with Gasteiger partial charge in [-0.3, -0.25) is 0 Å². The van der Waals surface area contributed by atoms with E-state index in [9.17, 15) is 5.11 Å². The van der Waals surface area contributed by atoms with Gasteiger partial charge in [-0.25, -0.2) is 0 Å². The molecule has 0 bridgehead atoms. The molecule has 0 spiro atoms. The third-order valence-electron chi connectivity index (χ3n) is 8.34. The maximum atomic E-state index is 11.3. The lowest BCUT2D eigenvalue weighted by Gasteiger charge is -2.16. The summed E-state index contributed by atoms with van der Waals surface area (Å²) in [5.41, 5.74) is 3.94. The van der Waals surface area contributed by atoms with Crippen LogP contribution in [-0.2, 0) is 19.3 Å². The largest absolute Gasteiger partial charge is 0.507 e. The monoisotopic (exact) mass is 515 g/mol. The van der Waals surface area contributed by atoms with Crippen LogP contribution in [0.2, 0.25) is 0 Å². The van der Waals surface area contributed by atoms with Gasteiger partial charge in [0.15, 0.2) is 0 Å². The van der Waals surface area contributed by atoms with Crippen molar-refractivity contribution in [1.29, 1.82) is 0 Å². The molecule has 1 aromatic rings. The Hall–Kier alpha value is -0.980. The van der Waals surface area contributed by atoms with Crippen molar-refractivity contribution in [2.24, 2.45) is 0 Å². The molecule has 0 radical (unpaired) electrons. The van der Waals surface area contributed by atoms with Crippen LogP contribution in [-0.4, -0.2) is 5.11 Å². The second-order valence-corrected chi connectivity index (χ2v) is 11.9. The molecule has 0 aliphatic carbocycles. The van der Waals surface area contributed by atoms with Crippen LogP contribution in [0.15, 0.2) is 12.1 Å². The highest BCUT2D eigenvalue weighted by Crippen LogP contribution is 2.31. The zero-order valence-corrected chi connectivity index (χ0v) is 25.7. The fourth-order valence-electron chi connectivity index (χ4n) is 5.78. The van der Waals surface area contributed by atoms with E-state index in [1.165, 1.54) is 171 Å². The topological polar surface area (TPSA) is 20.2 Å². The summed E-state index contributed by atoms with van der Waals surface area (Å²) in [6, 6.07) is 4.63. The van der Waals surface area contributed by atoms with Crippen LogP contribution in [0.3, 0.4) is 0 Å². The normalized spacial score (nSPS) is 11.4. The number of aromatic hydroxyl groups is 1. The zero-order chi connectivity index (χ0) is 26.8. The lowest BCUT2D eigenvalue weighted by Crippen LogP contribution is -2.00. The Bertz CT molecular complexity index is 619. The summed E-state index contributed by atoms with van der Waals surface area (Å²) >= 11 is 0. The fraction of sp³-hybridized carbons (Fsp3) is 0.833. The minimum atomic E-state index is 0.654. The first-order valence-electron chi connectivity index (χ1n) is 17.1. The predicted octanol–water partition coefficient (Wildman–Crippen LogP) is 12.4. The van der Waals surface area contributed by atoms with Crippen molar-refractivity contribution in [3.05, 3.63) is 28.8 Å². The highest BCUT2D eigenvalue weighted by atomic mass is 16.3. The van der Waals surface area contributed by atoms with Crippen LogP contribution in [0.25, 0.3) is 0 Å². The van der Waals surface area contributed by atoms with Gasteiger partial charge in [0, 0.05) is 0 Å². The Kier molecular flexibility index (Phi) is 23.3. The van der Waals surface area contributed by atoms with Gasteiger partial charge in [0.2, 0.25) is 0 Å². The molecule has 0 fully saturated rings. The molecule has 0 unspecified atom stereocenters. The van der Waals surface area contributed by atoms with E-state index < -0.39 is 0 Å². The summed E-state index contributed by atoms with van der Waals surface area (Å²) in [6.07, 6.45) is 35.8. The van der Waals surface area contributed by atoms with Crippen LogP contribution in [0.1, 0.15) is 192 Å². The van der Waals surface area contributed by atoms with Crippen LogP contribution >= 0.6 is 0 Å². The van der Waals surface area contributed by atoms with Gasteiger partial charge in [-0.2, -0.15) is 0 Å². The van der Waals surface area contributed by atoms with Crippen LogP contribution in [0.4, 0.5) is 0 Å². The Balaban J connectivity index is 2.47. The quantitative estimate of drug-likeness (QED) is 0.116. The highest BCUT2D eigenvalue weighted by molar-refractivity contribution is 5.46. The van der Waals surface area contributed by atoms with Crippen molar-refractivity contribution in [2.45, 2.75) is 194 Å². The van der Waals surface area contributed by atoms with Crippen molar-refractivity contribution in [2.75, 3.05) is 0 Å². The minimum Gasteiger partial charge on any atom is -0.507 e. The molecule has 0 atom stereocenters. The van der Waals surface area contributed by atoms with Gasteiger partial charge in [0.1, 0.15) is 5.75 Å². The van der Waals surface area contributed by atoms with E-state index in [1.807, 2.05) is 0 Å². The first-order chi connectivity index (χ1) is 18.2. The van der Waals surface area contributed by atoms with Gasteiger partial charge in [-0.15, -0.1) is 0 Å². The molecule has 0 amide bonds.